The molecule has 0 atom stereocenters. The Kier molecular flexibility index (Phi) is 23.9. The molecule has 0 amide bonds. The van der Waals surface area contributed by atoms with Gasteiger partial charge in [0, 0.05) is 11.8 Å². The monoisotopic (exact) mass is 414 g/mol. The van der Waals surface area contributed by atoms with E-state index in [1.165, 1.54) is 44.9 Å². The number of rotatable bonds is 18. The van der Waals surface area contributed by atoms with Crippen molar-refractivity contribution in [3.63, 3.8) is 0 Å². The van der Waals surface area contributed by atoms with Gasteiger partial charge in [-0.15, -0.1) is 0 Å². The van der Waals surface area contributed by atoms with Crippen molar-refractivity contribution in [2.45, 2.75) is 97.3 Å². The smallest absolute Gasteiger partial charge is 0.303 e. The molecule has 0 saturated heterocycles. The molecule has 0 aromatic carbocycles. The van der Waals surface area contributed by atoms with Crippen LogP contribution >= 0.6 is 0 Å². The maximum Gasteiger partial charge on any atom is 0.303 e. The van der Waals surface area contributed by atoms with Gasteiger partial charge >= 0.3 is 5.97 Å². The Balaban J connectivity index is 0. The molecule has 0 aromatic heterocycles. The third-order valence-electron chi connectivity index (χ3n) is 5.10. The van der Waals surface area contributed by atoms with E-state index in [4.69, 9.17) is 20.4 Å². The van der Waals surface area contributed by atoms with Crippen molar-refractivity contribution >= 4 is 5.97 Å². The standard InChI is InChI=1S/C18H32O2.C6H14O3/c1-2-3-4-5-6-7-8-9-10-11-12-13-14-15-16-17-18(19)20;1-2-6(3-7,4-8)5-9/h6-7,9-10H,2-5,8,11-17H2,1H3,(H,19,20);7-9H,2-5H2,1H3/b7-6-,10-9-;. The molecule has 0 bridgehead atoms. The molecule has 0 aliphatic heterocycles. The number of aliphatic hydroxyl groups is 3. The molecule has 0 fully saturated rings. The lowest BCUT2D eigenvalue weighted by Crippen LogP contribution is -2.32. The molecule has 172 valence electrons. The number of carboxylic acids is 1. The van der Waals surface area contributed by atoms with Gasteiger partial charge in [-0.1, -0.05) is 70.3 Å². The highest BCUT2D eigenvalue weighted by atomic mass is 16.4. The third kappa shape index (κ3) is 21.4. The van der Waals surface area contributed by atoms with Gasteiger partial charge in [-0.2, -0.15) is 0 Å². The zero-order chi connectivity index (χ0) is 22.2. The van der Waals surface area contributed by atoms with E-state index in [1.807, 2.05) is 6.92 Å². The fraction of sp³-hybridized carbons (Fsp3) is 0.792. The molecule has 0 spiro atoms. The fourth-order valence-electron chi connectivity index (χ4n) is 2.57. The number of aliphatic hydroxyl groups excluding tert-OH is 3. The van der Waals surface area contributed by atoms with E-state index in [1.54, 1.807) is 0 Å². The Bertz CT molecular complexity index is 383. The molecule has 0 heterocycles. The lowest BCUT2D eigenvalue weighted by atomic mass is 9.88. The average molecular weight is 415 g/mol. The number of carboxylic acid groups (broad SMARTS) is 1. The van der Waals surface area contributed by atoms with Crippen LogP contribution in [0.2, 0.25) is 0 Å². The van der Waals surface area contributed by atoms with Gasteiger partial charge in [-0.25, -0.2) is 0 Å². The van der Waals surface area contributed by atoms with Gasteiger partial charge in [0.1, 0.15) is 0 Å². The largest absolute Gasteiger partial charge is 0.481 e. The fourth-order valence-corrected chi connectivity index (χ4v) is 2.57. The van der Waals surface area contributed by atoms with E-state index < -0.39 is 11.4 Å². The molecule has 5 nitrogen and oxygen atoms in total. The first-order valence-corrected chi connectivity index (χ1v) is 11.4. The first kappa shape index (κ1) is 30.0. The molecular weight excluding hydrogens is 368 g/mol. The van der Waals surface area contributed by atoms with Gasteiger partial charge in [0.25, 0.3) is 0 Å². The molecule has 0 unspecified atom stereocenters. The van der Waals surface area contributed by atoms with Crippen LogP contribution in [0.25, 0.3) is 0 Å². The number of allylic oxidation sites excluding steroid dienone is 4. The van der Waals surface area contributed by atoms with Gasteiger partial charge in [-0.05, 0) is 44.9 Å². The van der Waals surface area contributed by atoms with Crippen molar-refractivity contribution in [3.8, 4) is 0 Å². The number of unbranched alkanes of at least 4 members (excludes halogenated alkanes) is 8. The maximum absolute atomic E-state index is 10.3. The van der Waals surface area contributed by atoms with E-state index >= 15 is 0 Å². The van der Waals surface area contributed by atoms with Crippen molar-refractivity contribution in [1.29, 1.82) is 0 Å². The SMILES string of the molecule is CCC(CO)(CO)CO.CCCCC/C=C\C/C=C\CCCCCCCC(=O)O. The molecule has 0 saturated carbocycles. The first-order valence-electron chi connectivity index (χ1n) is 11.4. The van der Waals surface area contributed by atoms with Crippen LogP contribution in [0.4, 0.5) is 0 Å². The number of hydrogen-bond acceptors (Lipinski definition) is 4. The topological polar surface area (TPSA) is 98.0 Å². The van der Waals surface area contributed by atoms with Crippen LogP contribution in [-0.2, 0) is 4.79 Å². The second kappa shape index (κ2) is 23.1. The Hall–Kier alpha value is -1.17. The summed E-state index contributed by atoms with van der Waals surface area (Å²) in [7, 11) is 0. The summed E-state index contributed by atoms with van der Waals surface area (Å²) in [5.41, 5.74) is -0.667. The highest BCUT2D eigenvalue weighted by Crippen LogP contribution is 2.18. The Morgan fingerprint density at radius 3 is 1.62 bits per heavy atom. The molecule has 29 heavy (non-hydrogen) atoms. The van der Waals surface area contributed by atoms with Crippen molar-refractivity contribution in [2.75, 3.05) is 19.8 Å². The quantitative estimate of drug-likeness (QED) is 0.181. The Labute approximate surface area is 178 Å². The zero-order valence-corrected chi connectivity index (χ0v) is 18.8. The van der Waals surface area contributed by atoms with Crippen LogP contribution in [0.15, 0.2) is 24.3 Å². The molecule has 0 aliphatic carbocycles. The molecule has 0 rings (SSSR count). The van der Waals surface area contributed by atoms with Gasteiger partial charge in [0.15, 0.2) is 0 Å². The number of carbonyl (C=O) groups is 1. The third-order valence-corrected chi connectivity index (χ3v) is 5.10. The van der Waals surface area contributed by atoms with E-state index in [9.17, 15) is 4.79 Å². The average Bonchev–Trinajstić information content (AvgIpc) is 2.73. The van der Waals surface area contributed by atoms with Crippen LogP contribution in [0, 0.1) is 5.41 Å². The number of hydrogen-bond donors (Lipinski definition) is 4. The molecule has 0 radical (unpaired) electrons. The van der Waals surface area contributed by atoms with Gasteiger partial charge in [-0.3, -0.25) is 4.79 Å². The van der Waals surface area contributed by atoms with Gasteiger partial charge in [0.05, 0.1) is 19.8 Å². The van der Waals surface area contributed by atoms with E-state index in [2.05, 4.69) is 31.2 Å². The molecular formula is C24H46O5. The van der Waals surface area contributed by atoms with Crippen molar-refractivity contribution in [1.82, 2.24) is 0 Å². The predicted molar refractivity (Wildman–Crippen MR) is 121 cm³/mol. The molecule has 0 aliphatic rings. The summed E-state index contributed by atoms with van der Waals surface area (Å²) in [5.74, 6) is -0.671. The minimum absolute atomic E-state index is 0.156. The molecule has 5 heteroatoms. The normalized spacial score (nSPS) is 11.8. The first-order chi connectivity index (χ1) is 14.0. The summed E-state index contributed by atoms with van der Waals surface area (Å²) in [6.45, 7) is 3.59. The zero-order valence-electron chi connectivity index (χ0n) is 18.8. The highest BCUT2D eigenvalue weighted by Gasteiger charge is 2.24. The Morgan fingerprint density at radius 2 is 1.21 bits per heavy atom. The summed E-state index contributed by atoms with van der Waals surface area (Å²) < 4.78 is 0. The molecule has 4 N–H and O–H groups in total. The van der Waals surface area contributed by atoms with Crippen LogP contribution in [0.3, 0.4) is 0 Å². The van der Waals surface area contributed by atoms with Gasteiger partial charge < -0.3 is 20.4 Å². The Morgan fingerprint density at radius 1 is 0.724 bits per heavy atom. The summed E-state index contributed by atoms with van der Waals surface area (Å²) in [6.07, 6.45) is 22.9. The lowest BCUT2D eigenvalue weighted by Gasteiger charge is -2.24. The van der Waals surface area contributed by atoms with Crippen LogP contribution < -0.4 is 0 Å². The minimum Gasteiger partial charge on any atom is -0.481 e. The van der Waals surface area contributed by atoms with Crippen molar-refractivity contribution in [3.05, 3.63) is 24.3 Å². The second-order valence-corrected chi connectivity index (χ2v) is 7.70. The summed E-state index contributed by atoms with van der Waals surface area (Å²) >= 11 is 0. The number of aliphatic carboxylic acids is 1. The van der Waals surface area contributed by atoms with Crippen LogP contribution in [-0.4, -0.2) is 46.2 Å². The highest BCUT2D eigenvalue weighted by molar-refractivity contribution is 5.66. The summed E-state index contributed by atoms with van der Waals surface area (Å²) in [4.78, 5) is 10.3. The van der Waals surface area contributed by atoms with Crippen molar-refractivity contribution < 1.29 is 25.2 Å². The summed E-state index contributed by atoms with van der Waals surface area (Å²) in [6, 6.07) is 0. The molecule has 0 aromatic rings. The minimum atomic E-state index is -0.671. The van der Waals surface area contributed by atoms with Crippen molar-refractivity contribution in [2.24, 2.45) is 5.41 Å². The lowest BCUT2D eigenvalue weighted by molar-refractivity contribution is -0.137. The van der Waals surface area contributed by atoms with Gasteiger partial charge in [0.2, 0.25) is 0 Å². The van der Waals surface area contributed by atoms with E-state index in [-0.39, 0.29) is 19.8 Å². The van der Waals surface area contributed by atoms with E-state index in [0.29, 0.717) is 12.8 Å². The maximum atomic E-state index is 10.3. The van der Waals surface area contributed by atoms with E-state index in [0.717, 1.165) is 25.7 Å². The predicted octanol–water partition coefficient (Wildman–Crippen LogP) is 5.24. The van der Waals surface area contributed by atoms with Crippen LogP contribution in [0.1, 0.15) is 97.3 Å². The summed E-state index contributed by atoms with van der Waals surface area (Å²) in [5, 5.41) is 34.5. The van der Waals surface area contributed by atoms with Crippen LogP contribution in [0.5, 0.6) is 0 Å². The second-order valence-electron chi connectivity index (χ2n) is 7.70.